The molecule has 0 radical (unpaired) electrons. The molecule has 2 heterocycles. The van der Waals surface area contributed by atoms with Gasteiger partial charge >= 0.3 is 5.97 Å². The normalized spacial score (nSPS) is 9.33. The van der Waals surface area contributed by atoms with Gasteiger partial charge in [-0.25, -0.2) is 9.78 Å². The summed E-state index contributed by atoms with van der Waals surface area (Å²) in [5.41, 5.74) is 1.01. The number of halogens is 1. The van der Waals surface area contributed by atoms with E-state index in [1.54, 1.807) is 11.3 Å². The molecule has 0 amide bonds. The SMILES string of the molecule is Cl.O=C(O)c1csc(Nc2ccsc2)n1. The fraction of sp³-hybridized carbons (Fsp3) is 0. The van der Waals surface area contributed by atoms with Crippen LogP contribution < -0.4 is 5.32 Å². The van der Waals surface area contributed by atoms with Gasteiger partial charge in [0.15, 0.2) is 10.8 Å². The van der Waals surface area contributed by atoms with Gasteiger partial charge in [-0.1, -0.05) is 0 Å². The predicted octanol–water partition coefficient (Wildman–Crippen LogP) is 3.07. The number of thiophene rings is 1. The lowest BCUT2D eigenvalue weighted by Gasteiger charge is -1.95. The number of nitrogens with one attached hydrogen (secondary N) is 1. The van der Waals surface area contributed by atoms with Crippen LogP contribution in [0.5, 0.6) is 0 Å². The summed E-state index contributed by atoms with van der Waals surface area (Å²) in [6.45, 7) is 0. The van der Waals surface area contributed by atoms with Crippen molar-refractivity contribution in [2.45, 2.75) is 0 Å². The second-order valence-electron chi connectivity index (χ2n) is 2.48. The molecule has 0 saturated carbocycles. The number of anilines is 2. The van der Waals surface area contributed by atoms with Gasteiger partial charge in [-0.2, -0.15) is 11.3 Å². The first-order valence-corrected chi connectivity index (χ1v) is 5.56. The third kappa shape index (κ3) is 2.92. The van der Waals surface area contributed by atoms with Gasteiger partial charge in [-0.15, -0.1) is 23.7 Å². The third-order valence-electron chi connectivity index (χ3n) is 1.50. The smallest absolute Gasteiger partial charge is 0.355 e. The summed E-state index contributed by atoms with van der Waals surface area (Å²) in [7, 11) is 0. The van der Waals surface area contributed by atoms with Crippen LogP contribution in [0.1, 0.15) is 10.5 Å². The molecule has 0 aliphatic heterocycles. The maximum atomic E-state index is 10.5. The minimum atomic E-state index is -1.00. The summed E-state index contributed by atoms with van der Waals surface area (Å²) in [5, 5.41) is 17.6. The van der Waals surface area contributed by atoms with Crippen molar-refractivity contribution in [2.75, 3.05) is 5.32 Å². The minimum absolute atomic E-state index is 0. The Morgan fingerprint density at radius 1 is 1.47 bits per heavy atom. The second kappa shape index (κ2) is 5.11. The molecule has 4 nitrogen and oxygen atoms in total. The van der Waals surface area contributed by atoms with E-state index < -0.39 is 5.97 Å². The molecular formula is C8H7ClN2O2S2. The standard InChI is InChI=1S/C8H6N2O2S2.ClH/c11-7(12)6-4-14-8(10-6)9-5-1-2-13-3-5;/h1-4H,(H,9,10)(H,11,12);1H. The van der Waals surface area contributed by atoms with Crippen molar-refractivity contribution in [3.8, 4) is 0 Å². The number of carbonyl (C=O) groups is 1. The fourth-order valence-corrected chi connectivity index (χ4v) is 2.18. The summed E-state index contributed by atoms with van der Waals surface area (Å²) >= 11 is 2.85. The fourth-order valence-electron chi connectivity index (χ4n) is 0.888. The Kier molecular flexibility index (Phi) is 4.07. The molecule has 2 aromatic rings. The molecule has 0 bridgehead atoms. The summed E-state index contributed by atoms with van der Waals surface area (Å²) in [6, 6.07) is 1.91. The highest BCUT2D eigenvalue weighted by Gasteiger charge is 2.08. The number of nitrogens with zero attached hydrogens (tertiary/aromatic N) is 1. The molecule has 0 aliphatic rings. The van der Waals surface area contributed by atoms with Crippen LogP contribution in [0, 0.1) is 0 Å². The Morgan fingerprint density at radius 3 is 2.80 bits per heavy atom. The Morgan fingerprint density at radius 2 is 2.27 bits per heavy atom. The van der Waals surface area contributed by atoms with Crippen LogP contribution in [-0.4, -0.2) is 16.1 Å². The van der Waals surface area contributed by atoms with Gasteiger partial charge in [-0.3, -0.25) is 0 Å². The van der Waals surface area contributed by atoms with E-state index in [1.807, 2.05) is 16.8 Å². The van der Waals surface area contributed by atoms with Crippen molar-refractivity contribution in [1.29, 1.82) is 0 Å². The summed E-state index contributed by atoms with van der Waals surface area (Å²) in [5.74, 6) is -1.00. The molecule has 0 fully saturated rings. The van der Waals surface area contributed by atoms with Crippen LogP contribution in [-0.2, 0) is 0 Å². The summed E-state index contributed by atoms with van der Waals surface area (Å²) in [4.78, 5) is 14.4. The van der Waals surface area contributed by atoms with E-state index in [0.717, 1.165) is 5.69 Å². The first-order valence-electron chi connectivity index (χ1n) is 3.74. The number of aromatic nitrogens is 1. The van der Waals surface area contributed by atoms with E-state index >= 15 is 0 Å². The van der Waals surface area contributed by atoms with Crippen LogP contribution in [0.4, 0.5) is 10.8 Å². The lowest BCUT2D eigenvalue weighted by Crippen LogP contribution is -1.96. The highest BCUT2D eigenvalue weighted by Crippen LogP contribution is 2.22. The van der Waals surface area contributed by atoms with Crippen LogP contribution in [0.25, 0.3) is 0 Å². The lowest BCUT2D eigenvalue weighted by molar-refractivity contribution is 0.0691. The molecule has 80 valence electrons. The van der Waals surface area contributed by atoms with Gasteiger partial charge in [0.2, 0.25) is 0 Å². The molecule has 2 rings (SSSR count). The Hall–Kier alpha value is -1.11. The molecule has 0 aliphatic carbocycles. The number of rotatable bonds is 3. The van der Waals surface area contributed by atoms with Crippen LogP contribution in [0.2, 0.25) is 0 Å². The van der Waals surface area contributed by atoms with Crippen molar-refractivity contribution in [2.24, 2.45) is 0 Å². The van der Waals surface area contributed by atoms with Crippen LogP contribution in [0.15, 0.2) is 22.2 Å². The van der Waals surface area contributed by atoms with Gasteiger partial charge < -0.3 is 10.4 Å². The van der Waals surface area contributed by atoms with Gasteiger partial charge in [0.1, 0.15) is 0 Å². The first-order chi connectivity index (χ1) is 6.75. The van der Waals surface area contributed by atoms with E-state index in [4.69, 9.17) is 5.11 Å². The van der Waals surface area contributed by atoms with Crippen molar-refractivity contribution in [3.05, 3.63) is 27.9 Å². The van der Waals surface area contributed by atoms with Crippen molar-refractivity contribution in [1.82, 2.24) is 4.98 Å². The molecule has 2 aromatic heterocycles. The molecule has 2 N–H and O–H groups in total. The van der Waals surface area contributed by atoms with Crippen molar-refractivity contribution >= 4 is 51.9 Å². The zero-order valence-corrected chi connectivity index (χ0v) is 9.79. The quantitative estimate of drug-likeness (QED) is 0.892. The third-order valence-corrected chi connectivity index (χ3v) is 2.94. The number of aromatic carboxylic acids is 1. The molecule has 0 unspecified atom stereocenters. The van der Waals surface area contributed by atoms with Gasteiger partial charge in [0.25, 0.3) is 0 Å². The highest BCUT2D eigenvalue weighted by atomic mass is 35.5. The van der Waals surface area contributed by atoms with Gasteiger partial charge in [-0.05, 0) is 11.4 Å². The van der Waals surface area contributed by atoms with Crippen molar-refractivity contribution < 1.29 is 9.90 Å². The highest BCUT2D eigenvalue weighted by molar-refractivity contribution is 7.14. The number of hydrogen-bond acceptors (Lipinski definition) is 5. The maximum absolute atomic E-state index is 10.5. The molecule has 15 heavy (non-hydrogen) atoms. The van der Waals surface area contributed by atoms with Gasteiger partial charge in [0.05, 0.1) is 5.69 Å². The van der Waals surface area contributed by atoms with Crippen LogP contribution >= 0.6 is 35.1 Å². The number of carboxylic acids is 1. The zero-order chi connectivity index (χ0) is 9.97. The molecule has 7 heteroatoms. The van der Waals surface area contributed by atoms with Crippen molar-refractivity contribution in [3.63, 3.8) is 0 Å². The van der Waals surface area contributed by atoms with Gasteiger partial charge in [0, 0.05) is 10.8 Å². The second-order valence-corrected chi connectivity index (χ2v) is 4.12. The average molecular weight is 263 g/mol. The van der Waals surface area contributed by atoms with E-state index in [2.05, 4.69) is 10.3 Å². The van der Waals surface area contributed by atoms with E-state index in [1.165, 1.54) is 16.7 Å². The minimum Gasteiger partial charge on any atom is -0.476 e. The zero-order valence-electron chi connectivity index (χ0n) is 7.34. The Labute approximate surface area is 100 Å². The molecule has 0 saturated heterocycles. The summed E-state index contributed by atoms with van der Waals surface area (Å²) < 4.78 is 0. The Balaban J connectivity index is 0.00000112. The monoisotopic (exact) mass is 262 g/mol. The van der Waals surface area contributed by atoms with Crippen LogP contribution in [0.3, 0.4) is 0 Å². The number of hydrogen-bond donors (Lipinski definition) is 2. The Bertz CT molecular complexity index is 441. The molecule has 0 spiro atoms. The first kappa shape index (κ1) is 12.0. The summed E-state index contributed by atoms with van der Waals surface area (Å²) in [6.07, 6.45) is 0. The van der Waals surface area contributed by atoms with E-state index in [9.17, 15) is 4.79 Å². The lowest BCUT2D eigenvalue weighted by atomic mass is 10.5. The van der Waals surface area contributed by atoms with E-state index in [-0.39, 0.29) is 18.1 Å². The molecule has 0 aromatic carbocycles. The number of thiazole rings is 1. The molecule has 0 atom stereocenters. The maximum Gasteiger partial charge on any atom is 0.355 e. The average Bonchev–Trinajstić information content (AvgIpc) is 2.75. The predicted molar refractivity (Wildman–Crippen MR) is 63.9 cm³/mol. The van der Waals surface area contributed by atoms with E-state index in [0.29, 0.717) is 5.13 Å². The molecular weight excluding hydrogens is 256 g/mol. The largest absolute Gasteiger partial charge is 0.476 e. The topological polar surface area (TPSA) is 62.2 Å². The number of carboxylic acid groups (broad SMARTS) is 1.